The summed E-state index contributed by atoms with van der Waals surface area (Å²) in [7, 11) is -3.97. The van der Waals surface area contributed by atoms with Crippen molar-refractivity contribution in [2.24, 2.45) is 0 Å². The van der Waals surface area contributed by atoms with Crippen LogP contribution in [0.25, 0.3) is 0 Å². The fourth-order valence-electron chi connectivity index (χ4n) is 1.40. The Morgan fingerprint density at radius 2 is 2.00 bits per heavy atom. The number of carboxylic acid groups (broad SMARTS) is 1. The minimum atomic E-state index is -3.97. The summed E-state index contributed by atoms with van der Waals surface area (Å²) in [4.78, 5) is 11.1. The number of carboxylic acids is 1. The van der Waals surface area contributed by atoms with E-state index in [2.05, 4.69) is 0 Å². The molecule has 0 aliphatic heterocycles. The number of nitrogens with zero attached hydrogens (tertiary/aromatic N) is 1. The average molecular weight is 282 g/mol. The summed E-state index contributed by atoms with van der Waals surface area (Å²) in [6.07, 6.45) is 0.0214. The number of hydrogen-bond acceptors (Lipinski definition) is 4. The maximum absolute atomic E-state index is 11.7. The molecule has 0 heterocycles. The first-order valence-electron chi connectivity index (χ1n) is 5.54. The molecule has 1 rings (SSSR count). The molecule has 0 aliphatic carbocycles. The number of benzene rings is 1. The molecule has 0 spiro atoms. The van der Waals surface area contributed by atoms with Crippen LogP contribution in [0.15, 0.2) is 30.3 Å². The lowest BCUT2D eigenvalue weighted by Crippen LogP contribution is -2.45. The smallest absolute Gasteiger partial charge is 0.322 e. The number of aliphatic carboxylic acids is 1. The molecule has 0 aliphatic rings. The molecule has 0 radical (unpaired) electrons. The molecule has 6 nitrogen and oxygen atoms in total. The third-order valence-electron chi connectivity index (χ3n) is 2.53. The van der Waals surface area contributed by atoms with E-state index in [0.717, 1.165) is 0 Å². The van der Waals surface area contributed by atoms with Gasteiger partial charge in [0.05, 0.1) is 6.07 Å². The van der Waals surface area contributed by atoms with Gasteiger partial charge in [-0.15, -0.1) is 0 Å². The Hall–Kier alpha value is -1.91. The van der Waals surface area contributed by atoms with Crippen molar-refractivity contribution < 1.29 is 18.3 Å². The summed E-state index contributed by atoms with van der Waals surface area (Å²) in [5.41, 5.74) is 0.696. The van der Waals surface area contributed by atoms with Gasteiger partial charge in [-0.1, -0.05) is 30.3 Å². The van der Waals surface area contributed by atoms with Crippen LogP contribution in [0.4, 0.5) is 0 Å². The van der Waals surface area contributed by atoms with E-state index in [4.69, 9.17) is 10.4 Å². The van der Waals surface area contributed by atoms with Gasteiger partial charge < -0.3 is 5.11 Å². The highest BCUT2D eigenvalue weighted by molar-refractivity contribution is 7.90. The second kappa shape index (κ2) is 6.31. The molecule has 0 saturated heterocycles. The van der Waals surface area contributed by atoms with Gasteiger partial charge in [0.2, 0.25) is 10.0 Å². The van der Waals surface area contributed by atoms with Gasteiger partial charge >= 0.3 is 5.97 Å². The summed E-state index contributed by atoms with van der Waals surface area (Å²) in [6.45, 7) is 1.20. The standard InChI is InChI=1S/C12H14N2O4S/c1-9(8-13)19(17,18)14-11(12(15)16)7-10-5-3-2-4-6-10/h2-6,9,11,14H,7H2,1H3,(H,15,16)/t9?,11-/m1/s1. The highest BCUT2D eigenvalue weighted by atomic mass is 32.2. The Labute approximate surface area is 111 Å². The molecule has 0 bridgehead atoms. The molecule has 102 valence electrons. The van der Waals surface area contributed by atoms with Crippen LogP contribution in [0, 0.1) is 11.3 Å². The number of hydrogen-bond donors (Lipinski definition) is 2. The van der Waals surface area contributed by atoms with Crippen LogP contribution in [0.1, 0.15) is 12.5 Å². The van der Waals surface area contributed by atoms with Gasteiger partial charge in [0.1, 0.15) is 6.04 Å². The summed E-state index contributed by atoms with van der Waals surface area (Å²) in [5.74, 6) is -1.28. The van der Waals surface area contributed by atoms with Crippen molar-refractivity contribution >= 4 is 16.0 Å². The normalized spacial score (nSPS) is 14.3. The fraction of sp³-hybridized carbons (Fsp3) is 0.333. The van der Waals surface area contributed by atoms with Gasteiger partial charge in [-0.25, -0.2) is 8.42 Å². The van der Waals surface area contributed by atoms with Gasteiger partial charge in [-0.05, 0) is 18.9 Å². The first-order valence-corrected chi connectivity index (χ1v) is 7.09. The quantitative estimate of drug-likeness (QED) is 0.790. The third-order valence-corrected chi connectivity index (χ3v) is 4.18. The van der Waals surface area contributed by atoms with Crippen molar-refractivity contribution in [3.63, 3.8) is 0 Å². The number of nitriles is 1. The Morgan fingerprint density at radius 3 is 2.47 bits per heavy atom. The van der Waals surface area contributed by atoms with Crippen molar-refractivity contribution in [2.45, 2.75) is 24.6 Å². The van der Waals surface area contributed by atoms with Crippen molar-refractivity contribution in [3.05, 3.63) is 35.9 Å². The molecule has 0 aromatic heterocycles. The van der Waals surface area contributed by atoms with Gasteiger partial charge in [0.25, 0.3) is 0 Å². The summed E-state index contributed by atoms with van der Waals surface area (Å²) >= 11 is 0. The highest BCUT2D eigenvalue weighted by Crippen LogP contribution is 2.06. The molecule has 0 fully saturated rings. The molecule has 2 N–H and O–H groups in total. The lowest BCUT2D eigenvalue weighted by Gasteiger charge is -2.15. The summed E-state index contributed by atoms with van der Waals surface area (Å²) in [5, 5.41) is 16.3. The van der Waals surface area contributed by atoms with Crippen molar-refractivity contribution in [1.29, 1.82) is 5.26 Å². The Morgan fingerprint density at radius 1 is 1.42 bits per heavy atom. The number of carbonyl (C=O) groups is 1. The van der Waals surface area contributed by atoms with Gasteiger partial charge in [0.15, 0.2) is 5.25 Å². The Balaban J connectivity index is 2.87. The van der Waals surface area contributed by atoms with Crippen LogP contribution in [-0.2, 0) is 21.2 Å². The van der Waals surface area contributed by atoms with E-state index in [9.17, 15) is 13.2 Å². The first kappa shape index (κ1) is 15.1. The number of rotatable bonds is 6. The van der Waals surface area contributed by atoms with E-state index >= 15 is 0 Å². The second-order valence-corrected chi connectivity index (χ2v) is 6.05. The molecule has 1 aromatic rings. The topological polar surface area (TPSA) is 107 Å². The zero-order valence-corrected chi connectivity index (χ0v) is 11.1. The zero-order chi connectivity index (χ0) is 14.5. The minimum absolute atomic E-state index is 0.0214. The van der Waals surface area contributed by atoms with Crippen molar-refractivity contribution in [2.75, 3.05) is 0 Å². The van der Waals surface area contributed by atoms with E-state index in [0.29, 0.717) is 5.56 Å². The van der Waals surface area contributed by atoms with Gasteiger partial charge in [-0.3, -0.25) is 4.79 Å². The largest absolute Gasteiger partial charge is 0.480 e. The van der Waals surface area contributed by atoms with Crippen LogP contribution in [0.3, 0.4) is 0 Å². The molecular weight excluding hydrogens is 268 g/mol. The molecule has 0 amide bonds. The monoisotopic (exact) mass is 282 g/mol. The second-order valence-electron chi connectivity index (χ2n) is 4.01. The third kappa shape index (κ3) is 4.35. The minimum Gasteiger partial charge on any atom is -0.480 e. The average Bonchev–Trinajstić information content (AvgIpc) is 2.37. The molecule has 19 heavy (non-hydrogen) atoms. The lowest BCUT2D eigenvalue weighted by atomic mass is 10.1. The first-order chi connectivity index (χ1) is 8.86. The van der Waals surface area contributed by atoms with E-state index in [1.165, 1.54) is 6.92 Å². The Bertz CT molecular complexity index is 577. The number of nitrogens with one attached hydrogen (secondary N) is 1. The van der Waals surface area contributed by atoms with E-state index < -0.39 is 27.3 Å². The zero-order valence-electron chi connectivity index (χ0n) is 10.3. The molecule has 2 atom stereocenters. The van der Waals surface area contributed by atoms with E-state index in [1.807, 2.05) is 4.72 Å². The van der Waals surface area contributed by atoms with E-state index in [-0.39, 0.29) is 6.42 Å². The van der Waals surface area contributed by atoms with Crippen LogP contribution >= 0.6 is 0 Å². The lowest BCUT2D eigenvalue weighted by molar-refractivity contribution is -0.138. The van der Waals surface area contributed by atoms with Crippen molar-refractivity contribution in [3.8, 4) is 6.07 Å². The maximum atomic E-state index is 11.7. The van der Waals surface area contributed by atoms with Crippen LogP contribution in [0.5, 0.6) is 0 Å². The van der Waals surface area contributed by atoms with Crippen LogP contribution in [-0.4, -0.2) is 30.8 Å². The van der Waals surface area contributed by atoms with Crippen molar-refractivity contribution in [1.82, 2.24) is 4.72 Å². The van der Waals surface area contributed by atoms with Gasteiger partial charge in [0, 0.05) is 0 Å². The molecular formula is C12H14N2O4S. The van der Waals surface area contributed by atoms with Crippen LogP contribution in [0.2, 0.25) is 0 Å². The predicted octanol–water partition coefficient (Wildman–Crippen LogP) is 0.514. The Kier molecular flexibility index (Phi) is 5.03. The predicted molar refractivity (Wildman–Crippen MR) is 68.7 cm³/mol. The SMILES string of the molecule is CC(C#N)S(=O)(=O)N[C@H](Cc1ccccc1)C(=O)O. The summed E-state index contributed by atoms with van der Waals surface area (Å²) in [6, 6.07) is 8.95. The molecule has 1 aromatic carbocycles. The summed E-state index contributed by atoms with van der Waals surface area (Å²) < 4.78 is 25.4. The number of sulfonamides is 1. The molecule has 1 unspecified atom stereocenters. The fourth-order valence-corrected chi connectivity index (χ4v) is 2.32. The highest BCUT2D eigenvalue weighted by Gasteiger charge is 2.28. The molecule has 0 saturated carbocycles. The molecule has 7 heteroatoms. The van der Waals surface area contributed by atoms with E-state index in [1.54, 1.807) is 36.4 Å². The van der Waals surface area contributed by atoms with Crippen LogP contribution < -0.4 is 4.72 Å². The maximum Gasteiger partial charge on any atom is 0.322 e. The van der Waals surface area contributed by atoms with Gasteiger partial charge in [-0.2, -0.15) is 9.98 Å².